The number of rotatable bonds is 9. The van der Waals surface area contributed by atoms with E-state index in [1.165, 1.54) is 5.56 Å². The van der Waals surface area contributed by atoms with Gasteiger partial charge in [0.05, 0.1) is 18.5 Å². The van der Waals surface area contributed by atoms with E-state index in [2.05, 4.69) is 34.3 Å². The highest BCUT2D eigenvalue weighted by atomic mass is 16.6. The Labute approximate surface area is 154 Å². The number of hydrogen-bond acceptors (Lipinski definition) is 4. The van der Waals surface area contributed by atoms with E-state index in [1.807, 2.05) is 55.5 Å². The number of nitrogens with zero attached hydrogens (tertiary/aromatic N) is 2. The van der Waals surface area contributed by atoms with Gasteiger partial charge in [-0.3, -0.25) is 4.90 Å². The van der Waals surface area contributed by atoms with Crippen LogP contribution in [0.3, 0.4) is 0 Å². The van der Waals surface area contributed by atoms with Crippen LogP contribution in [0.4, 0.5) is 0 Å². The van der Waals surface area contributed by atoms with Crippen molar-refractivity contribution in [3.05, 3.63) is 95.9 Å². The highest BCUT2D eigenvalue weighted by Crippen LogP contribution is 2.11. The fraction of sp³-hybridized carbons (Fsp3) is 0.227. The number of furan rings is 1. The van der Waals surface area contributed by atoms with Crippen LogP contribution < -0.4 is 0 Å². The molecule has 0 unspecified atom stereocenters. The summed E-state index contributed by atoms with van der Waals surface area (Å²) in [7, 11) is 0. The van der Waals surface area contributed by atoms with Crippen molar-refractivity contribution in [3.8, 4) is 0 Å². The lowest BCUT2D eigenvalue weighted by molar-refractivity contribution is 0.128. The zero-order valence-corrected chi connectivity index (χ0v) is 15.0. The molecule has 0 saturated carbocycles. The van der Waals surface area contributed by atoms with Crippen molar-refractivity contribution in [3.63, 3.8) is 0 Å². The highest BCUT2D eigenvalue weighted by Gasteiger charge is 2.10. The summed E-state index contributed by atoms with van der Waals surface area (Å²) < 4.78 is 5.51. The molecule has 0 spiro atoms. The van der Waals surface area contributed by atoms with Crippen molar-refractivity contribution in [1.29, 1.82) is 0 Å². The average Bonchev–Trinajstić information content (AvgIpc) is 3.16. The van der Waals surface area contributed by atoms with Crippen LogP contribution in [-0.4, -0.2) is 17.2 Å². The Morgan fingerprint density at radius 1 is 0.885 bits per heavy atom. The lowest BCUT2D eigenvalue weighted by Crippen LogP contribution is -2.28. The van der Waals surface area contributed by atoms with E-state index in [-0.39, 0.29) is 0 Å². The van der Waals surface area contributed by atoms with Crippen LogP contribution in [0.2, 0.25) is 0 Å². The monoisotopic (exact) mass is 348 g/mol. The van der Waals surface area contributed by atoms with Gasteiger partial charge in [-0.2, -0.15) is 0 Å². The molecule has 0 amide bonds. The van der Waals surface area contributed by atoms with Crippen LogP contribution in [0.5, 0.6) is 0 Å². The SMILES string of the molecule is CC(CN(Cc1ccccc1)Cc1ccco1)=NOCc1ccccc1. The van der Waals surface area contributed by atoms with Gasteiger partial charge in [0.2, 0.25) is 0 Å². The Balaban J connectivity index is 1.59. The van der Waals surface area contributed by atoms with E-state index >= 15 is 0 Å². The Morgan fingerprint density at radius 3 is 2.23 bits per heavy atom. The molecule has 0 aliphatic rings. The van der Waals surface area contributed by atoms with Crippen LogP contribution in [0.1, 0.15) is 23.8 Å². The topological polar surface area (TPSA) is 38.0 Å². The van der Waals surface area contributed by atoms with Gasteiger partial charge in [0.25, 0.3) is 0 Å². The molecule has 0 aliphatic heterocycles. The first-order valence-corrected chi connectivity index (χ1v) is 8.77. The van der Waals surface area contributed by atoms with Crippen LogP contribution in [0.25, 0.3) is 0 Å². The normalized spacial score (nSPS) is 11.7. The minimum atomic E-state index is 0.481. The van der Waals surface area contributed by atoms with Gasteiger partial charge >= 0.3 is 0 Å². The van der Waals surface area contributed by atoms with Crippen LogP contribution in [-0.2, 0) is 24.5 Å². The average molecular weight is 348 g/mol. The second kappa shape index (κ2) is 9.59. The molecule has 2 aromatic carbocycles. The third kappa shape index (κ3) is 5.90. The molecule has 4 nitrogen and oxygen atoms in total. The molecule has 0 saturated heterocycles. The third-order valence-electron chi connectivity index (χ3n) is 3.96. The number of oxime groups is 1. The van der Waals surface area contributed by atoms with E-state index in [0.717, 1.165) is 30.1 Å². The summed E-state index contributed by atoms with van der Waals surface area (Å²) in [5.41, 5.74) is 3.31. The molecule has 0 aliphatic carbocycles. The Kier molecular flexibility index (Phi) is 6.62. The lowest BCUT2D eigenvalue weighted by atomic mass is 10.2. The quantitative estimate of drug-likeness (QED) is 0.409. The number of benzene rings is 2. The predicted molar refractivity (Wildman–Crippen MR) is 104 cm³/mol. The van der Waals surface area contributed by atoms with E-state index in [9.17, 15) is 0 Å². The summed E-state index contributed by atoms with van der Waals surface area (Å²) in [6, 6.07) is 24.4. The maximum absolute atomic E-state index is 5.51. The van der Waals surface area contributed by atoms with Gasteiger partial charge in [-0.1, -0.05) is 65.8 Å². The molecule has 0 bridgehead atoms. The lowest BCUT2D eigenvalue weighted by Gasteiger charge is -2.21. The van der Waals surface area contributed by atoms with Gasteiger partial charge < -0.3 is 9.25 Å². The van der Waals surface area contributed by atoms with E-state index in [4.69, 9.17) is 9.25 Å². The zero-order valence-electron chi connectivity index (χ0n) is 15.0. The van der Waals surface area contributed by atoms with Crippen molar-refractivity contribution in [2.45, 2.75) is 26.6 Å². The van der Waals surface area contributed by atoms with Crippen molar-refractivity contribution < 1.29 is 9.25 Å². The van der Waals surface area contributed by atoms with Crippen LogP contribution in [0.15, 0.2) is 88.6 Å². The summed E-state index contributed by atoms with van der Waals surface area (Å²) >= 11 is 0. The highest BCUT2D eigenvalue weighted by molar-refractivity contribution is 5.83. The zero-order chi connectivity index (χ0) is 18.0. The smallest absolute Gasteiger partial charge is 0.142 e. The molecule has 0 fully saturated rings. The predicted octanol–water partition coefficient (Wildman–Crippen LogP) is 4.87. The molecule has 3 rings (SSSR count). The van der Waals surface area contributed by atoms with Gasteiger partial charge in [-0.25, -0.2) is 0 Å². The molecular weight excluding hydrogens is 324 g/mol. The molecule has 3 aromatic rings. The summed E-state index contributed by atoms with van der Waals surface area (Å²) in [6.45, 7) is 4.74. The second-order valence-corrected chi connectivity index (χ2v) is 6.30. The van der Waals surface area contributed by atoms with Gasteiger partial charge in [0.1, 0.15) is 12.4 Å². The standard InChI is InChI=1S/C22H24N2O2/c1-19(23-26-18-21-11-6-3-7-12-21)15-24(17-22-13-8-14-25-22)16-20-9-4-2-5-10-20/h2-14H,15-18H2,1H3. The Morgan fingerprint density at radius 2 is 1.58 bits per heavy atom. The molecule has 134 valence electrons. The van der Waals surface area contributed by atoms with E-state index in [0.29, 0.717) is 13.2 Å². The molecule has 0 N–H and O–H groups in total. The fourth-order valence-corrected chi connectivity index (χ4v) is 2.78. The fourth-order valence-electron chi connectivity index (χ4n) is 2.78. The first-order chi connectivity index (χ1) is 12.8. The maximum atomic E-state index is 5.51. The van der Waals surface area contributed by atoms with Crippen molar-refractivity contribution >= 4 is 5.71 Å². The molecule has 26 heavy (non-hydrogen) atoms. The van der Waals surface area contributed by atoms with E-state index < -0.39 is 0 Å². The minimum absolute atomic E-state index is 0.481. The summed E-state index contributed by atoms with van der Waals surface area (Å²) in [5, 5.41) is 4.27. The van der Waals surface area contributed by atoms with Crippen molar-refractivity contribution in [2.75, 3.05) is 6.54 Å². The molecule has 0 radical (unpaired) electrons. The number of hydrogen-bond donors (Lipinski definition) is 0. The van der Waals surface area contributed by atoms with Gasteiger partial charge in [0, 0.05) is 13.1 Å². The van der Waals surface area contributed by atoms with Crippen molar-refractivity contribution in [1.82, 2.24) is 4.90 Å². The van der Waals surface area contributed by atoms with Crippen LogP contribution in [0, 0.1) is 0 Å². The third-order valence-corrected chi connectivity index (χ3v) is 3.96. The summed E-state index contributed by atoms with van der Waals surface area (Å²) in [4.78, 5) is 7.80. The molecular formula is C22H24N2O2. The molecule has 0 atom stereocenters. The minimum Gasteiger partial charge on any atom is -0.468 e. The second-order valence-electron chi connectivity index (χ2n) is 6.30. The Hall–Kier alpha value is -2.85. The first-order valence-electron chi connectivity index (χ1n) is 8.77. The summed E-state index contributed by atoms with van der Waals surface area (Å²) in [6.07, 6.45) is 1.71. The van der Waals surface area contributed by atoms with Gasteiger partial charge in [-0.05, 0) is 30.2 Å². The largest absolute Gasteiger partial charge is 0.468 e. The summed E-state index contributed by atoms with van der Waals surface area (Å²) in [5.74, 6) is 0.943. The van der Waals surface area contributed by atoms with Crippen LogP contribution >= 0.6 is 0 Å². The van der Waals surface area contributed by atoms with Gasteiger partial charge in [-0.15, -0.1) is 0 Å². The first kappa shape index (κ1) is 18.0. The van der Waals surface area contributed by atoms with E-state index in [1.54, 1.807) is 6.26 Å². The van der Waals surface area contributed by atoms with Crippen molar-refractivity contribution in [2.24, 2.45) is 5.16 Å². The molecule has 4 heteroatoms. The Bertz CT molecular complexity index is 784. The van der Waals surface area contributed by atoms with Gasteiger partial charge in [0.15, 0.2) is 0 Å². The molecule has 1 heterocycles. The maximum Gasteiger partial charge on any atom is 0.142 e. The molecule has 1 aromatic heterocycles.